The summed E-state index contributed by atoms with van der Waals surface area (Å²) in [6, 6.07) is 8.97. The Hall–Kier alpha value is -5.07. The van der Waals surface area contributed by atoms with Crippen molar-refractivity contribution in [2.24, 2.45) is 11.5 Å². The number of amides is 4. The van der Waals surface area contributed by atoms with Crippen LogP contribution in [-0.2, 0) is 29.2 Å². The van der Waals surface area contributed by atoms with Crippen molar-refractivity contribution in [2.75, 3.05) is 36.8 Å². The van der Waals surface area contributed by atoms with Crippen LogP contribution in [0.1, 0.15) is 36.0 Å². The molecule has 0 saturated carbocycles. The van der Waals surface area contributed by atoms with Crippen LogP contribution in [0.15, 0.2) is 53.4 Å². The van der Waals surface area contributed by atoms with Crippen LogP contribution in [0.5, 0.6) is 0 Å². The van der Waals surface area contributed by atoms with Crippen molar-refractivity contribution in [1.29, 1.82) is 5.41 Å². The Balaban J connectivity index is 1.58. The Morgan fingerprint density at radius 1 is 1.00 bits per heavy atom. The first-order valence-electron chi connectivity index (χ1n) is 14.2. The van der Waals surface area contributed by atoms with Gasteiger partial charge in [0.05, 0.1) is 11.4 Å². The summed E-state index contributed by atoms with van der Waals surface area (Å²) in [5.41, 5.74) is 11.3. The number of nitrogens with one attached hydrogen (secondary N) is 6. The van der Waals surface area contributed by atoms with Crippen LogP contribution in [0.25, 0.3) is 0 Å². The van der Waals surface area contributed by atoms with Gasteiger partial charge < -0.3 is 43.2 Å². The zero-order valence-corrected chi connectivity index (χ0v) is 25.6. The lowest BCUT2D eigenvalue weighted by molar-refractivity contribution is -0.142. The number of benzene rings is 2. The lowest BCUT2D eigenvalue weighted by Crippen LogP contribution is -2.54. The summed E-state index contributed by atoms with van der Waals surface area (Å²) in [6.45, 7) is -0.732. The molecule has 0 bridgehead atoms. The average Bonchev–Trinajstić information content (AvgIpc) is 3.52. The van der Waals surface area contributed by atoms with E-state index in [2.05, 4.69) is 26.6 Å². The van der Waals surface area contributed by atoms with Gasteiger partial charge in [-0.1, -0.05) is 18.2 Å². The van der Waals surface area contributed by atoms with Gasteiger partial charge in [0.1, 0.15) is 12.1 Å². The van der Waals surface area contributed by atoms with Crippen molar-refractivity contribution < 1.29 is 37.5 Å². The fraction of sp³-hybridized carbons (Fsp3) is 0.357. The number of sulfonamides is 1. The largest absolute Gasteiger partial charge is 0.480 e. The molecule has 1 aliphatic heterocycles. The van der Waals surface area contributed by atoms with E-state index in [9.17, 15) is 37.5 Å². The molecular weight excluding hydrogens is 622 g/mol. The van der Waals surface area contributed by atoms with E-state index in [1.54, 1.807) is 18.2 Å². The number of anilines is 2. The Morgan fingerprint density at radius 2 is 1.67 bits per heavy atom. The van der Waals surface area contributed by atoms with Crippen LogP contribution in [0.3, 0.4) is 0 Å². The second-order valence-corrected chi connectivity index (χ2v) is 12.1. The van der Waals surface area contributed by atoms with Gasteiger partial charge in [-0.3, -0.25) is 24.6 Å². The maximum Gasteiger partial charge on any atom is 0.328 e. The lowest BCUT2D eigenvalue weighted by Gasteiger charge is -2.25. The normalized spacial score (nSPS) is 15.3. The molecule has 248 valence electrons. The second kappa shape index (κ2) is 16.3. The molecule has 0 aromatic heterocycles. The Labute approximate surface area is 265 Å². The summed E-state index contributed by atoms with van der Waals surface area (Å²) in [4.78, 5) is 62.3. The van der Waals surface area contributed by atoms with Gasteiger partial charge in [0, 0.05) is 36.4 Å². The third-order valence-corrected chi connectivity index (χ3v) is 8.67. The van der Waals surface area contributed by atoms with Gasteiger partial charge in [-0.25, -0.2) is 13.2 Å². The van der Waals surface area contributed by atoms with Crippen molar-refractivity contribution in [1.82, 2.24) is 20.3 Å². The fourth-order valence-corrected chi connectivity index (χ4v) is 6.25. The molecule has 1 heterocycles. The number of hydrogen-bond donors (Lipinski definition) is 9. The maximum absolute atomic E-state index is 13.1. The van der Waals surface area contributed by atoms with Crippen LogP contribution in [0.4, 0.5) is 11.4 Å². The molecule has 3 rings (SSSR count). The first-order valence-corrected chi connectivity index (χ1v) is 15.7. The molecule has 1 aliphatic rings. The molecule has 4 amide bonds. The summed E-state index contributed by atoms with van der Waals surface area (Å²) in [5, 5.41) is 29.2. The Bertz CT molecular complexity index is 1570. The van der Waals surface area contributed by atoms with Crippen LogP contribution in [0, 0.1) is 5.41 Å². The number of carbonyl (C=O) groups is 5. The first kappa shape index (κ1) is 35.4. The minimum Gasteiger partial charge on any atom is -0.480 e. The summed E-state index contributed by atoms with van der Waals surface area (Å²) >= 11 is 0. The van der Waals surface area contributed by atoms with E-state index in [-0.39, 0.29) is 47.1 Å². The number of carboxylic acids is 1. The minimum absolute atomic E-state index is 0.00382. The molecule has 2 atom stereocenters. The molecular formula is C28H37N9O8S. The van der Waals surface area contributed by atoms with Crippen LogP contribution in [0.2, 0.25) is 0 Å². The van der Waals surface area contributed by atoms with E-state index >= 15 is 0 Å². The van der Waals surface area contributed by atoms with E-state index < -0.39 is 64.8 Å². The molecule has 18 heteroatoms. The molecule has 0 unspecified atom stereocenters. The fourth-order valence-electron chi connectivity index (χ4n) is 4.57. The van der Waals surface area contributed by atoms with E-state index in [0.717, 1.165) is 4.31 Å². The average molecular weight is 660 g/mol. The smallest absolute Gasteiger partial charge is 0.328 e. The van der Waals surface area contributed by atoms with Gasteiger partial charge in [-0.15, -0.1) is 0 Å². The van der Waals surface area contributed by atoms with E-state index in [1.807, 2.05) is 0 Å². The Morgan fingerprint density at radius 3 is 2.30 bits per heavy atom. The molecule has 0 spiro atoms. The number of nitrogens with zero attached hydrogens (tertiary/aromatic N) is 1. The Kier molecular flexibility index (Phi) is 12.5. The second-order valence-electron chi connectivity index (χ2n) is 10.3. The van der Waals surface area contributed by atoms with Gasteiger partial charge in [0.25, 0.3) is 5.91 Å². The van der Waals surface area contributed by atoms with Crippen molar-refractivity contribution in [3.8, 4) is 0 Å². The number of rotatable bonds is 15. The zero-order chi connectivity index (χ0) is 33.9. The molecule has 1 fully saturated rings. The van der Waals surface area contributed by atoms with Gasteiger partial charge in [-0.2, -0.15) is 4.31 Å². The first-order chi connectivity index (χ1) is 21.8. The molecule has 2 aromatic carbocycles. The monoisotopic (exact) mass is 659 g/mol. The standard InChI is InChI=1S/C28H37N9O8S/c29-10-4-9-23(38)34-18-12-17(13-19(14-18)35-28(30)31)25(40)33-16-24(39)32-15-21(27(42)43)36-26(41)22-8-5-11-37(22)46(44,45)20-6-2-1-3-7-20/h1-3,6-7,12-14,21-22H,4-5,8-11,15-16,29H2,(H,32,39)(H,33,40)(H,34,38)(H,36,41)(H,42,43)(H4,30,31,35)/t21-,22-/m1/s1. The number of hydrogen-bond acceptors (Lipinski definition) is 9. The van der Waals surface area contributed by atoms with Crippen molar-refractivity contribution in [2.45, 2.75) is 42.7 Å². The maximum atomic E-state index is 13.1. The summed E-state index contributed by atoms with van der Waals surface area (Å²) in [6.07, 6.45) is 1.17. The number of aliphatic carboxylic acids is 1. The summed E-state index contributed by atoms with van der Waals surface area (Å²) < 4.78 is 27.2. The number of nitrogens with two attached hydrogens (primary N) is 2. The van der Waals surface area contributed by atoms with Crippen LogP contribution < -0.4 is 38.1 Å². The highest BCUT2D eigenvalue weighted by Crippen LogP contribution is 2.26. The molecule has 11 N–H and O–H groups in total. The summed E-state index contributed by atoms with van der Waals surface area (Å²) in [7, 11) is -4.01. The third-order valence-electron chi connectivity index (χ3n) is 6.75. The molecule has 17 nitrogen and oxygen atoms in total. The number of carboxylic acid groups (broad SMARTS) is 1. The molecule has 2 aromatic rings. The topological polar surface area (TPSA) is 279 Å². The van der Waals surface area contributed by atoms with Crippen LogP contribution in [-0.4, -0.2) is 91.6 Å². The third kappa shape index (κ3) is 9.98. The van der Waals surface area contributed by atoms with Crippen molar-refractivity contribution in [3.63, 3.8) is 0 Å². The van der Waals surface area contributed by atoms with Gasteiger partial charge in [-0.05, 0) is 56.1 Å². The number of carbonyl (C=O) groups excluding carboxylic acids is 4. The van der Waals surface area contributed by atoms with Crippen molar-refractivity contribution >= 4 is 57.0 Å². The highest BCUT2D eigenvalue weighted by molar-refractivity contribution is 7.89. The van der Waals surface area contributed by atoms with Crippen LogP contribution >= 0.6 is 0 Å². The highest BCUT2D eigenvalue weighted by Gasteiger charge is 2.40. The molecule has 1 saturated heterocycles. The minimum atomic E-state index is -4.01. The SMILES string of the molecule is N=C(N)Nc1cc(NC(=O)CCCN)cc(C(=O)NCC(=O)NC[C@@H](NC(=O)[C@H]2CCCN2S(=O)(=O)c2ccccc2)C(=O)O)c1. The predicted molar refractivity (Wildman–Crippen MR) is 167 cm³/mol. The van der Waals surface area contributed by atoms with E-state index in [0.29, 0.717) is 19.4 Å². The summed E-state index contributed by atoms with van der Waals surface area (Å²) in [5.74, 6) is -4.58. The quantitative estimate of drug-likeness (QED) is 0.0820. The highest BCUT2D eigenvalue weighted by atomic mass is 32.2. The molecule has 46 heavy (non-hydrogen) atoms. The van der Waals surface area contributed by atoms with E-state index in [4.69, 9.17) is 16.9 Å². The molecule has 0 radical (unpaired) electrons. The van der Waals surface area contributed by atoms with Gasteiger partial charge in [0.15, 0.2) is 5.96 Å². The zero-order valence-electron chi connectivity index (χ0n) is 24.7. The van der Waals surface area contributed by atoms with Gasteiger partial charge >= 0.3 is 5.97 Å². The predicted octanol–water partition coefficient (Wildman–Crippen LogP) is -1.06. The van der Waals surface area contributed by atoms with E-state index in [1.165, 1.54) is 30.3 Å². The molecule has 0 aliphatic carbocycles. The van der Waals surface area contributed by atoms with Gasteiger partial charge in [0.2, 0.25) is 27.7 Å². The lowest BCUT2D eigenvalue weighted by atomic mass is 10.1. The van der Waals surface area contributed by atoms with Crippen molar-refractivity contribution in [3.05, 3.63) is 54.1 Å². The number of guanidine groups is 1.